The summed E-state index contributed by atoms with van der Waals surface area (Å²) in [7, 11) is 0. The molecule has 10 nitrogen and oxygen atoms in total. The minimum absolute atomic E-state index is 0.406. The van der Waals surface area contributed by atoms with Gasteiger partial charge in [0, 0.05) is 54.6 Å². The summed E-state index contributed by atoms with van der Waals surface area (Å²) in [5, 5.41) is 19.7. The van der Waals surface area contributed by atoms with Crippen molar-refractivity contribution in [1.29, 1.82) is 0 Å². The average Bonchev–Trinajstić information content (AvgIpc) is 3.59. The largest absolute Gasteiger partial charge is 0.465 e. The van der Waals surface area contributed by atoms with Crippen molar-refractivity contribution in [3.63, 3.8) is 0 Å². The Balaban J connectivity index is 1.22. The van der Waals surface area contributed by atoms with E-state index in [9.17, 15) is 9.90 Å². The molecule has 3 aromatic carbocycles. The fraction of sp³-hybridized carbons (Fsp3) is 0.161. The number of piperazine rings is 1. The second-order valence-corrected chi connectivity index (χ2v) is 10.2. The molecule has 0 radical (unpaired) electrons. The highest BCUT2D eigenvalue weighted by Gasteiger charge is 2.21. The molecular weight excluding hydrogens is 516 g/mol. The predicted octanol–water partition coefficient (Wildman–Crippen LogP) is 4.84. The lowest BCUT2D eigenvalue weighted by Gasteiger charge is -2.34. The number of amides is 1. The van der Waals surface area contributed by atoms with E-state index in [1.807, 2.05) is 27.4 Å². The van der Waals surface area contributed by atoms with E-state index in [0.29, 0.717) is 38.5 Å². The standard InChI is InChI=1S/C31H28N8O2/c32-30-29-26(23-6-7-24-19-38(35-27(24)16-23)18-21-4-2-1-3-5-21)17-28(39(29)34-20-33-30)22-8-10-25(11-9-22)36-12-14-37(15-13-36)31(40)41/h1-11,16-17,19-20H,12-15,18H2,(H,40,41)(H2,32,33,34). The zero-order valence-corrected chi connectivity index (χ0v) is 22.3. The first kappa shape index (κ1) is 24.6. The number of fused-ring (bicyclic) bond motifs is 2. The molecule has 0 unspecified atom stereocenters. The third kappa shape index (κ3) is 4.59. The van der Waals surface area contributed by atoms with Crippen molar-refractivity contribution in [2.75, 3.05) is 36.8 Å². The predicted molar refractivity (Wildman–Crippen MR) is 159 cm³/mol. The van der Waals surface area contributed by atoms with Gasteiger partial charge >= 0.3 is 6.09 Å². The summed E-state index contributed by atoms with van der Waals surface area (Å²) in [5.41, 5.74) is 14.1. The second kappa shape index (κ2) is 9.98. The second-order valence-electron chi connectivity index (χ2n) is 10.2. The number of benzene rings is 3. The first-order chi connectivity index (χ1) is 20.0. The Morgan fingerprint density at radius 3 is 2.41 bits per heavy atom. The van der Waals surface area contributed by atoms with Crippen LogP contribution in [0, 0.1) is 0 Å². The van der Waals surface area contributed by atoms with Crippen LogP contribution in [0.4, 0.5) is 16.3 Å². The lowest BCUT2D eigenvalue weighted by atomic mass is 10.0. The Hall–Kier alpha value is -5.38. The van der Waals surface area contributed by atoms with Crippen LogP contribution in [0.15, 0.2) is 91.4 Å². The molecule has 1 saturated heterocycles. The summed E-state index contributed by atoms with van der Waals surface area (Å²) < 4.78 is 3.81. The Bertz CT molecular complexity index is 1870. The number of carboxylic acid groups (broad SMARTS) is 1. The number of anilines is 2. The van der Waals surface area contributed by atoms with Crippen LogP contribution >= 0.6 is 0 Å². The maximum Gasteiger partial charge on any atom is 0.407 e. The molecule has 0 atom stereocenters. The van der Waals surface area contributed by atoms with E-state index in [0.717, 1.165) is 44.5 Å². The van der Waals surface area contributed by atoms with Gasteiger partial charge in [-0.15, -0.1) is 0 Å². The van der Waals surface area contributed by atoms with Crippen molar-refractivity contribution < 1.29 is 9.90 Å². The summed E-state index contributed by atoms with van der Waals surface area (Å²) in [4.78, 5) is 19.2. The summed E-state index contributed by atoms with van der Waals surface area (Å²) in [6.45, 7) is 3.02. The third-order valence-corrected chi connectivity index (χ3v) is 7.71. The fourth-order valence-corrected chi connectivity index (χ4v) is 5.58. The molecule has 1 fully saturated rings. The minimum atomic E-state index is -0.864. The van der Waals surface area contributed by atoms with Crippen LogP contribution < -0.4 is 10.6 Å². The van der Waals surface area contributed by atoms with Gasteiger partial charge in [-0.2, -0.15) is 10.2 Å². The number of rotatable bonds is 5. The Kier molecular flexibility index (Phi) is 6.00. The highest BCUT2D eigenvalue weighted by Crippen LogP contribution is 2.36. The van der Waals surface area contributed by atoms with Crippen molar-refractivity contribution in [2.24, 2.45) is 0 Å². The van der Waals surface area contributed by atoms with Gasteiger partial charge in [-0.1, -0.05) is 54.6 Å². The van der Waals surface area contributed by atoms with Crippen molar-refractivity contribution in [3.05, 3.63) is 97.0 Å². The number of hydrogen-bond acceptors (Lipinski definition) is 6. The number of aromatic nitrogens is 5. The van der Waals surface area contributed by atoms with Crippen LogP contribution in [0.3, 0.4) is 0 Å². The molecule has 0 bridgehead atoms. The normalized spacial score (nSPS) is 13.8. The molecule has 0 spiro atoms. The Labute approximate surface area is 235 Å². The zero-order chi connectivity index (χ0) is 27.9. The molecule has 1 amide bonds. The number of carbonyl (C=O) groups is 1. The van der Waals surface area contributed by atoms with Gasteiger partial charge in [0.2, 0.25) is 0 Å². The highest BCUT2D eigenvalue weighted by atomic mass is 16.4. The lowest BCUT2D eigenvalue weighted by Crippen LogP contribution is -2.48. The van der Waals surface area contributed by atoms with Crippen LogP contribution in [-0.4, -0.2) is 66.7 Å². The summed E-state index contributed by atoms with van der Waals surface area (Å²) in [5.74, 6) is 0.406. The van der Waals surface area contributed by atoms with Crippen molar-refractivity contribution in [1.82, 2.24) is 29.3 Å². The molecule has 10 heteroatoms. The molecule has 41 heavy (non-hydrogen) atoms. The highest BCUT2D eigenvalue weighted by molar-refractivity contribution is 5.95. The molecule has 6 aromatic rings. The number of nitrogen functional groups attached to an aromatic ring is 1. The van der Waals surface area contributed by atoms with Gasteiger partial charge in [-0.25, -0.2) is 14.3 Å². The lowest BCUT2D eigenvalue weighted by molar-refractivity contribution is 0.142. The third-order valence-electron chi connectivity index (χ3n) is 7.71. The van der Waals surface area contributed by atoms with Gasteiger partial charge in [0.25, 0.3) is 0 Å². The summed E-state index contributed by atoms with van der Waals surface area (Å²) >= 11 is 0. The van der Waals surface area contributed by atoms with E-state index in [4.69, 9.17) is 10.8 Å². The monoisotopic (exact) mass is 544 g/mol. The van der Waals surface area contributed by atoms with E-state index in [2.05, 4.69) is 81.8 Å². The van der Waals surface area contributed by atoms with E-state index in [1.54, 1.807) is 0 Å². The molecule has 4 heterocycles. The maximum atomic E-state index is 11.2. The molecule has 1 aliphatic heterocycles. The van der Waals surface area contributed by atoms with Crippen LogP contribution in [0.1, 0.15) is 5.56 Å². The molecule has 1 aliphatic rings. The number of nitrogens with zero attached hydrogens (tertiary/aromatic N) is 7. The van der Waals surface area contributed by atoms with Crippen molar-refractivity contribution in [2.45, 2.75) is 6.54 Å². The van der Waals surface area contributed by atoms with E-state index in [-0.39, 0.29) is 0 Å². The van der Waals surface area contributed by atoms with E-state index in [1.165, 1.54) is 16.8 Å². The molecule has 0 aliphatic carbocycles. The zero-order valence-electron chi connectivity index (χ0n) is 22.3. The van der Waals surface area contributed by atoms with Crippen molar-refractivity contribution >= 4 is 34.0 Å². The van der Waals surface area contributed by atoms with Crippen LogP contribution in [0.25, 0.3) is 38.8 Å². The van der Waals surface area contributed by atoms with Gasteiger partial charge in [-0.3, -0.25) is 4.68 Å². The molecule has 0 saturated carbocycles. The van der Waals surface area contributed by atoms with Crippen LogP contribution in [0.5, 0.6) is 0 Å². The summed E-state index contributed by atoms with van der Waals surface area (Å²) in [6.07, 6.45) is 2.67. The smallest absolute Gasteiger partial charge is 0.407 e. The van der Waals surface area contributed by atoms with Crippen LogP contribution in [-0.2, 0) is 6.54 Å². The molecule has 3 N–H and O–H groups in total. The quantitative estimate of drug-likeness (QED) is 0.319. The number of nitrogens with two attached hydrogens (primary N) is 1. The van der Waals surface area contributed by atoms with Gasteiger partial charge in [-0.05, 0) is 35.4 Å². The van der Waals surface area contributed by atoms with Crippen molar-refractivity contribution in [3.8, 4) is 22.4 Å². The molecular formula is C31H28N8O2. The summed E-state index contributed by atoms with van der Waals surface area (Å²) in [6, 6.07) is 26.9. The topological polar surface area (TPSA) is 118 Å². The van der Waals surface area contributed by atoms with Gasteiger partial charge in [0.05, 0.1) is 17.8 Å². The first-order valence-electron chi connectivity index (χ1n) is 13.5. The first-order valence-corrected chi connectivity index (χ1v) is 13.5. The van der Waals surface area contributed by atoms with E-state index < -0.39 is 6.09 Å². The Morgan fingerprint density at radius 1 is 0.902 bits per heavy atom. The maximum absolute atomic E-state index is 11.2. The molecule has 3 aromatic heterocycles. The fourth-order valence-electron chi connectivity index (χ4n) is 5.58. The van der Waals surface area contributed by atoms with E-state index >= 15 is 0 Å². The average molecular weight is 545 g/mol. The number of hydrogen-bond donors (Lipinski definition) is 2. The molecule has 204 valence electrons. The van der Waals surface area contributed by atoms with Gasteiger partial charge in [0.15, 0.2) is 5.82 Å². The SMILES string of the molecule is Nc1ncnn2c(-c3ccc(N4CCN(C(=O)O)CC4)cc3)cc(-c3ccc4cn(Cc5ccccc5)nc4c3)c12. The Morgan fingerprint density at radius 2 is 1.66 bits per heavy atom. The molecule has 7 rings (SSSR count). The van der Waals surface area contributed by atoms with Gasteiger partial charge in [0.1, 0.15) is 11.8 Å². The van der Waals surface area contributed by atoms with Gasteiger partial charge < -0.3 is 20.6 Å². The minimum Gasteiger partial charge on any atom is -0.465 e. The van der Waals surface area contributed by atoms with Crippen LogP contribution in [0.2, 0.25) is 0 Å².